The molecule has 1 rings (SSSR count). The maximum Gasteiger partial charge on any atom is 0.341 e. The first-order valence-corrected chi connectivity index (χ1v) is 6.34. The maximum absolute atomic E-state index is 12.1. The maximum atomic E-state index is 12.1. The van der Waals surface area contributed by atoms with Crippen molar-refractivity contribution in [3.63, 3.8) is 0 Å². The molecule has 0 aromatic heterocycles. The minimum atomic E-state index is -0.616. The highest BCUT2D eigenvalue weighted by Gasteiger charge is 2.42. The summed E-state index contributed by atoms with van der Waals surface area (Å²) in [5, 5.41) is 0. The molecular weight excluding hydrogens is 248 g/mol. The van der Waals surface area contributed by atoms with E-state index in [0.29, 0.717) is 25.0 Å². The Balaban J connectivity index is 2.87. The molecule has 0 saturated carbocycles. The fourth-order valence-corrected chi connectivity index (χ4v) is 2.24. The van der Waals surface area contributed by atoms with Crippen LogP contribution in [-0.2, 0) is 23.9 Å². The van der Waals surface area contributed by atoms with Crippen molar-refractivity contribution in [1.29, 1.82) is 0 Å². The Bertz CT molecular complexity index is 431. The van der Waals surface area contributed by atoms with E-state index in [1.54, 1.807) is 20.8 Å². The number of esters is 2. The van der Waals surface area contributed by atoms with Crippen LogP contribution in [0.2, 0.25) is 0 Å². The normalized spacial score (nSPS) is 17.6. The van der Waals surface area contributed by atoms with Crippen LogP contribution < -0.4 is 0 Å². The fraction of sp³-hybridized carbons (Fsp3) is 0.643. The van der Waals surface area contributed by atoms with E-state index in [2.05, 4.69) is 4.74 Å². The summed E-state index contributed by atoms with van der Waals surface area (Å²) in [6, 6.07) is 0. The molecule has 0 bridgehead atoms. The third-order valence-electron chi connectivity index (χ3n) is 3.18. The molecule has 106 valence electrons. The molecule has 0 aromatic rings. The average molecular weight is 268 g/mol. The molecule has 0 aromatic carbocycles. The molecule has 0 aliphatic heterocycles. The first kappa shape index (κ1) is 15.4. The first-order chi connectivity index (χ1) is 8.83. The Morgan fingerprint density at radius 3 is 2.47 bits per heavy atom. The van der Waals surface area contributed by atoms with Gasteiger partial charge in [-0.2, -0.15) is 0 Å². The van der Waals surface area contributed by atoms with E-state index in [1.807, 2.05) is 0 Å². The number of ether oxygens (including phenoxy) is 2. The molecule has 0 amide bonds. The third kappa shape index (κ3) is 3.43. The minimum Gasteiger partial charge on any atom is -0.466 e. The molecule has 0 fully saturated rings. The molecule has 0 saturated heterocycles. The summed E-state index contributed by atoms with van der Waals surface area (Å²) >= 11 is 0. The Labute approximate surface area is 112 Å². The summed E-state index contributed by atoms with van der Waals surface area (Å²) in [6.45, 7) is 5.64. The molecule has 1 aliphatic rings. The smallest absolute Gasteiger partial charge is 0.341 e. The van der Waals surface area contributed by atoms with Crippen LogP contribution in [0, 0.1) is 5.41 Å². The second kappa shape index (κ2) is 5.99. The largest absolute Gasteiger partial charge is 0.466 e. The van der Waals surface area contributed by atoms with Crippen LogP contribution in [0.1, 0.15) is 40.0 Å². The van der Waals surface area contributed by atoms with Crippen molar-refractivity contribution in [3.05, 3.63) is 11.1 Å². The molecule has 5 nitrogen and oxygen atoms in total. The number of hydrogen-bond donors (Lipinski definition) is 0. The lowest BCUT2D eigenvalue weighted by molar-refractivity contribution is -0.143. The van der Waals surface area contributed by atoms with Crippen molar-refractivity contribution in [2.75, 3.05) is 13.7 Å². The van der Waals surface area contributed by atoms with Crippen molar-refractivity contribution in [2.24, 2.45) is 5.41 Å². The highest BCUT2D eigenvalue weighted by Crippen LogP contribution is 2.40. The Kier molecular flexibility index (Phi) is 4.86. The van der Waals surface area contributed by atoms with Gasteiger partial charge in [0.15, 0.2) is 5.78 Å². The number of rotatable bonds is 5. The molecular formula is C14H20O5. The SMILES string of the molecule is CCOC(=O)CCC1=C(C(=O)OC)C(=O)C(C)(C)C1. The summed E-state index contributed by atoms with van der Waals surface area (Å²) < 4.78 is 9.49. The third-order valence-corrected chi connectivity index (χ3v) is 3.18. The second-order valence-corrected chi connectivity index (χ2v) is 5.16. The monoisotopic (exact) mass is 268 g/mol. The van der Waals surface area contributed by atoms with Gasteiger partial charge in [-0.3, -0.25) is 9.59 Å². The number of carbonyl (C=O) groups excluding carboxylic acids is 3. The van der Waals surface area contributed by atoms with E-state index in [1.165, 1.54) is 7.11 Å². The van der Waals surface area contributed by atoms with Gasteiger partial charge in [0.05, 0.1) is 13.7 Å². The van der Waals surface area contributed by atoms with Crippen LogP contribution in [-0.4, -0.2) is 31.4 Å². The number of methoxy groups -OCH3 is 1. The highest BCUT2D eigenvalue weighted by atomic mass is 16.5. The number of carbonyl (C=O) groups is 3. The second-order valence-electron chi connectivity index (χ2n) is 5.16. The van der Waals surface area contributed by atoms with Crippen LogP contribution in [0.3, 0.4) is 0 Å². The lowest BCUT2D eigenvalue weighted by atomic mass is 9.87. The van der Waals surface area contributed by atoms with Crippen LogP contribution in [0.4, 0.5) is 0 Å². The fourth-order valence-electron chi connectivity index (χ4n) is 2.24. The Morgan fingerprint density at radius 1 is 1.32 bits per heavy atom. The van der Waals surface area contributed by atoms with Gasteiger partial charge in [0.2, 0.25) is 0 Å². The Hall–Kier alpha value is -1.65. The van der Waals surface area contributed by atoms with Gasteiger partial charge in [0, 0.05) is 11.8 Å². The number of Topliss-reactive ketones (excluding diaryl/α,β-unsaturated/α-hetero) is 1. The van der Waals surface area contributed by atoms with E-state index >= 15 is 0 Å². The average Bonchev–Trinajstić information content (AvgIpc) is 2.57. The number of allylic oxidation sites excluding steroid dienone is 1. The van der Waals surface area contributed by atoms with E-state index < -0.39 is 11.4 Å². The zero-order valence-electron chi connectivity index (χ0n) is 11.9. The summed E-state index contributed by atoms with van der Waals surface area (Å²) in [7, 11) is 1.25. The molecule has 0 spiro atoms. The van der Waals surface area contributed by atoms with Crippen molar-refractivity contribution < 1.29 is 23.9 Å². The topological polar surface area (TPSA) is 69.7 Å². The van der Waals surface area contributed by atoms with Crippen LogP contribution >= 0.6 is 0 Å². The van der Waals surface area contributed by atoms with Gasteiger partial charge >= 0.3 is 11.9 Å². The quantitative estimate of drug-likeness (QED) is 0.561. The van der Waals surface area contributed by atoms with E-state index in [-0.39, 0.29) is 23.7 Å². The van der Waals surface area contributed by atoms with Crippen molar-refractivity contribution in [1.82, 2.24) is 0 Å². The standard InChI is InChI=1S/C14H20O5/c1-5-19-10(15)7-6-9-8-14(2,3)12(16)11(9)13(17)18-4/h5-8H2,1-4H3. The summed E-state index contributed by atoms with van der Waals surface area (Å²) in [5.74, 6) is -1.15. The summed E-state index contributed by atoms with van der Waals surface area (Å²) in [5.41, 5.74) is 0.194. The molecule has 0 radical (unpaired) electrons. The number of hydrogen-bond acceptors (Lipinski definition) is 5. The van der Waals surface area contributed by atoms with Gasteiger partial charge < -0.3 is 9.47 Å². The lowest BCUT2D eigenvalue weighted by Crippen LogP contribution is -2.23. The molecule has 19 heavy (non-hydrogen) atoms. The zero-order valence-corrected chi connectivity index (χ0v) is 11.9. The molecule has 0 heterocycles. The zero-order chi connectivity index (χ0) is 14.6. The summed E-state index contributed by atoms with van der Waals surface area (Å²) in [6.07, 6.45) is 1.02. The van der Waals surface area contributed by atoms with Gasteiger partial charge in [-0.1, -0.05) is 19.4 Å². The molecule has 0 unspecified atom stereocenters. The highest BCUT2D eigenvalue weighted by molar-refractivity contribution is 6.21. The van der Waals surface area contributed by atoms with Crippen LogP contribution in [0.15, 0.2) is 11.1 Å². The van der Waals surface area contributed by atoms with Crippen molar-refractivity contribution in [2.45, 2.75) is 40.0 Å². The van der Waals surface area contributed by atoms with E-state index in [0.717, 1.165) is 0 Å². The van der Waals surface area contributed by atoms with Crippen molar-refractivity contribution in [3.8, 4) is 0 Å². The molecule has 0 N–H and O–H groups in total. The van der Waals surface area contributed by atoms with Crippen molar-refractivity contribution >= 4 is 17.7 Å². The van der Waals surface area contributed by atoms with Gasteiger partial charge in [0.25, 0.3) is 0 Å². The van der Waals surface area contributed by atoms with Crippen LogP contribution in [0.25, 0.3) is 0 Å². The predicted octanol–water partition coefficient (Wildman–Crippen LogP) is 1.80. The Morgan fingerprint density at radius 2 is 1.95 bits per heavy atom. The minimum absolute atomic E-state index is 0.108. The lowest BCUT2D eigenvalue weighted by Gasteiger charge is -2.15. The van der Waals surface area contributed by atoms with E-state index in [4.69, 9.17) is 4.74 Å². The molecule has 5 heteroatoms. The summed E-state index contributed by atoms with van der Waals surface area (Å²) in [4.78, 5) is 35.2. The van der Waals surface area contributed by atoms with Gasteiger partial charge in [-0.05, 0) is 19.8 Å². The van der Waals surface area contributed by atoms with Gasteiger partial charge in [-0.15, -0.1) is 0 Å². The van der Waals surface area contributed by atoms with Gasteiger partial charge in [-0.25, -0.2) is 4.79 Å². The molecule has 0 atom stereocenters. The predicted molar refractivity (Wildman–Crippen MR) is 68.3 cm³/mol. The number of ketones is 1. The first-order valence-electron chi connectivity index (χ1n) is 6.34. The van der Waals surface area contributed by atoms with Crippen LogP contribution in [0.5, 0.6) is 0 Å². The van der Waals surface area contributed by atoms with Gasteiger partial charge in [0.1, 0.15) is 5.57 Å². The van der Waals surface area contributed by atoms with E-state index in [9.17, 15) is 14.4 Å². The molecule has 1 aliphatic carbocycles.